The molecular formula is C80H152O17P2. The lowest BCUT2D eigenvalue weighted by Gasteiger charge is -2.21. The van der Waals surface area contributed by atoms with Crippen LogP contribution in [0.5, 0.6) is 0 Å². The molecule has 0 aliphatic heterocycles. The highest BCUT2D eigenvalue weighted by atomic mass is 31.2. The largest absolute Gasteiger partial charge is 0.472 e. The van der Waals surface area contributed by atoms with Crippen LogP contribution >= 0.6 is 15.6 Å². The number of ether oxygens (including phenoxy) is 4. The molecule has 0 saturated heterocycles. The number of carbonyl (C=O) groups is 4. The van der Waals surface area contributed by atoms with Gasteiger partial charge < -0.3 is 33.8 Å². The molecule has 0 fully saturated rings. The smallest absolute Gasteiger partial charge is 0.462 e. The molecule has 0 saturated carbocycles. The summed E-state index contributed by atoms with van der Waals surface area (Å²) in [5.41, 5.74) is 0. The van der Waals surface area contributed by atoms with Crippen molar-refractivity contribution in [2.75, 3.05) is 39.6 Å². The maximum Gasteiger partial charge on any atom is 0.472 e. The van der Waals surface area contributed by atoms with Gasteiger partial charge in [0, 0.05) is 25.7 Å². The van der Waals surface area contributed by atoms with E-state index in [1.165, 1.54) is 199 Å². The molecule has 5 atom stereocenters. The van der Waals surface area contributed by atoms with E-state index in [0.29, 0.717) is 25.7 Å². The van der Waals surface area contributed by atoms with Crippen molar-refractivity contribution in [2.24, 2.45) is 11.8 Å². The van der Waals surface area contributed by atoms with Crippen molar-refractivity contribution in [1.82, 2.24) is 0 Å². The number of aliphatic hydroxyl groups excluding tert-OH is 1. The van der Waals surface area contributed by atoms with Gasteiger partial charge in [0.15, 0.2) is 12.2 Å². The summed E-state index contributed by atoms with van der Waals surface area (Å²) in [5.74, 6) is -0.614. The fourth-order valence-electron chi connectivity index (χ4n) is 11.8. The number of phosphoric acid groups is 2. The standard InChI is InChI=1S/C80H152O17P2/c1-7-9-11-13-15-17-19-21-23-25-28-32-38-44-50-56-62-77(82)90-68-75(96-80(85)65-59-53-47-40-34-30-26-27-31-36-42-48-54-60-72(3)4)70-94-98(86,87)92-66-74(81)67-93-99(88,89)95-71-76(69-91-78(83)63-57-51-45-41-35-37-43-49-55-61-73(5)6)97-79(84)64-58-52-46-39-33-29-24-22-20-18-16-14-12-10-8-2/h18,20,22,24,72-76,81H,7-17,19,21,23,25-71H2,1-6H3,(H,86,87)(H,88,89)/b20-18-,24-22-/t74-,75-,76-/m1/s1. The van der Waals surface area contributed by atoms with Crippen molar-refractivity contribution >= 4 is 39.5 Å². The molecule has 0 rings (SSSR count). The Bertz CT molecular complexity index is 2000. The van der Waals surface area contributed by atoms with Crippen LogP contribution in [-0.4, -0.2) is 96.7 Å². The van der Waals surface area contributed by atoms with Crippen molar-refractivity contribution in [2.45, 2.75) is 413 Å². The number of hydrogen-bond acceptors (Lipinski definition) is 15. The Morgan fingerprint density at radius 1 is 0.313 bits per heavy atom. The lowest BCUT2D eigenvalue weighted by Crippen LogP contribution is -2.30. The van der Waals surface area contributed by atoms with E-state index in [4.69, 9.17) is 37.0 Å². The van der Waals surface area contributed by atoms with Gasteiger partial charge in [-0.3, -0.25) is 37.3 Å². The number of rotatable bonds is 77. The molecular weight excluding hydrogens is 1290 g/mol. The number of phosphoric ester groups is 2. The van der Waals surface area contributed by atoms with Crippen molar-refractivity contribution < 1.29 is 80.2 Å². The number of aliphatic hydroxyl groups is 1. The van der Waals surface area contributed by atoms with Gasteiger partial charge in [0.05, 0.1) is 26.4 Å². The molecule has 3 N–H and O–H groups in total. The molecule has 0 spiro atoms. The highest BCUT2D eigenvalue weighted by Crippen LogP contribution is 2.45. The molecule has 0 aliphatic rings. The molecule has 2 unspecified atom stereocenters. The first-order chi connectivity index (χ1) is 47.9. The third-order valence-corrected chi connectivity index (χ3v) is 20.0. The van der Waals surface area contributed by atoms with Gasteiger partial charge in [-0.05, 0) is 63.2 Å². The first-order valence-corrected chi connectivity index (χ1v) is 43.8. The van der Waals surface area contributed by atoms with Crippen LogP contribution in [0, 0.1) is 11.8 Å². The number of allylic oxidation sites excluding steroid dienone is 4. The van der Waals surface area contributed by atoms with Gasteiger partial charge >= 0.3 is 39.5 Å². The summed E-state index contributed by atoms with van der Waals surface area (Å²) < 4.78 is 68.7. The molecule has 584 valence electrons. The minimum Gasteiger partial charge on any atom is -0.462 e. The molecule has 0 aromatic heterocycles. The number of carbonyl (C=O) groups excluding carboxylic acids is 4. The third kappa shape index (κ3) is 73.6. The second kappa shape index (κ2) is 71.2. The minimum atomic E-state index is -4.97. The van der Waals surface area contributed by atoms with Gasteiger partial charge in [-0.15, -0.1) is 0 Å². The Kier molecular flexibility index (Phi) is 69.4. The van der Waals surface area contributed by atoms with Crippen LogP contribution in [0.2, 0.25) is 0 Å². The topological polar surface area (TPSA) is 237 Å². The van der Waals surface area contributed by atoms with Crippen molar-refractivity contribution in [3.63, 3.8) is 0 Å². The summed E-state index contributed by atoms with van der Waals surface area (Å²) in [4.78, 5) is 73.0. The molecule has 17 nitrogen and oxygen atoms in total. The number of hydrogen-bond donors (Lipinski definition) is 3. The first kappa shape index (κ1) is 96.5. The van der Waals surface area contributed by atoms with E-state index < -0.39 is 97.5 Å². The van der Waals surface area contributed by atoms with Gasteiger partial charge in [-0.25, -0.2) is 9.13 Å². The Hall–Kier alpha value is -2.46. The van der Waals surface area contributed by atoms with Crippen molar-refractivity contribution in [1.29, 1.82) is 0 Å². The van der Waals surface area contributed by atoms with Crippen molar-refractivity contribution in [3.05, 3.63) is 24.3 Å². The summed E-state index contributed by atoms with van der Waals surface area (Å²) in [6.07, 6.45) is 63.1. The summed E-state index contributed by atoms with van der Waals surface area (Å²) in [5, 5.41) is 10.6. The van der Waals surface area contributed by atoms with E-state index in [-0.39, 0.29) is 25.7 Å². The second-order valence-electron chi connectivity index (χ2n) is 29.1. The van der Waals surface area contributed by atoms with Crippen LogP contribution in [0.4, 0.5) is 0 Å². The summed E-state index contributed by atoms with van der Waals surface area (Å²) >= 11 is 0. The average molecular weight is 1450 g/mol. The SMILES string of the molecule is CCCCCC/C=C\C=C/CCCCCCCC(=O)O[C@H](COC(=O)CCCCCCCCCCCC(C)C)COP(=O)(O)OC[C@H](O)COP(=O)(O)OC[C@@H](COC(=O)CCCCCCCCCCCCCCCCCC)OC(=O)CCCCCCCCCCCCCCCC(C)C. The summed E-state index contributed by atoms with van der Waals surface area (Å²) in [6.45, 7) is 9.56. The summed E-state index contributed by atoms with van der Waals surface area (Å²) in [7, 11) is -9.93. The van der Waals surface area contributed by atoms with Crippen LogP contribution in [0.1, 0.15) is 395 Å². The highest BCUT2D eigenvalue weighted by Gasteiger charge is 2.30. The lowest BCUT2D eigenvalue weighted by molar-refractivity contribution is -0.161. The Balaban J connectivity index is 5.30. The third-order valence-electron chi connectivity index (χ3n) is 18.1. The van der Waals surface area contributed by atoms with Gasteiger partial charge in [0.1, 0.15) is 19.3 Å². The molecule has 0 aliphatic carbocycles. The molecule has 0 bridgehead atoms. The van der Waals surface area contributed by atoms with Gasteiger partial charge in [-0.2, -0.15) is 0 Å². The monoisotopic (exact) mass is 1450 g/mol. The average Bonchev–Trinajstić information content (AvgIpc) is 1.08. The van der Waals surface area contributed by atoms with Crippen LogP contribution in [0.3, 0.4) is 0 Å². The first-order valence-electron chi connectivity index (χ1n) is 40.8. The Morgan fingerprint density at radius 2 is 0.545 bits per heavy atom. The highest BCUT2D eigenvalue weighted by molar-refractivity contribution is 7.47. The zero-order valence-electron chi connectivity index (χ0n) is 64.3. The predicted octanol–water partition coefficient (Wildman–Crippen LogP) is 23.4. The van der Waals surface area contributed by atoms with Gasteiger partial charge in [-0.1, -0.05) is 342 Å². The van der Waals surface area contributed by atoms with Gasteiger partial charge in [0.2, 0.25) is 0 Å². The van der Waals surface area contributed by atoms with Crippen LogP contribution < -0.4 is 0 Å². The maximum absolute atomic E-state index is 13.1. The molecule has 0 radical (unpaired) electrons. The lowest BCUT2D eigenvalue weighted by atomic mass is 10.0. The molecule has 0 amide bonds. The predicted molar refractivity (Wildman–Crippen MR) is 404 cm³/mol. The van der Waals surface area contributed by atoms with E-state index in [9.17, 15) is 43.2 Å². The van der Waals surface area contributed by atoms with E-state index in [2.05, 4.69) is 65.8 Å². The zero-order valence-corrected chi connectivity index (χ0v) is 66.1. The Labute approximate surface area is 605 Å². The fraction of sp³-hybridized carbons (Fsp3) is 0.900. The molecule has 0 aromatic rings. The Morgan fingerprint density at radius 3 is 0.828 bits per heavy atom. The fourth-order valence-corrected chi connectivity index (χ4v) is 13.4. The van der Waals surface area contributed by atoms with E-state index in [0.717, 1.165) is 115 Å². The molecule has 0 heterocycles. The minimum absolute atomic E-state index is 0.0848. The normalized spacial score (nSPS) is 14.1. The number of unbranched alkanes of at least 4 members (excludes halogenated alkanes) is 44. The van der Waals surface area contributed by atoms with Gasteiger partial charge in [0.25, 0.3) is 0 Å². The van der Waals surface area contributed by atoms with E-state index in [1.54, 1.807) is 0 Å². The van der Waals surface area contributed by atoms with Crippen LogP contribution in [0.15, 0.2) is 24.3 Å². The van der Waals surface area contributed by atoms with Crippen LogP contribution in [0.25, 0.3) is 0 Å². The molecule has 99 heavy (non-hydrogen) atoms. The van der Waals surface area contributed by atoms with Crippen LogP contribution in [-0.2, 0) is 65.4 Å². The van der Waals surface area contributed by atoms with E-state index >= 15 is 0 Å². The molecule has 0 aromatic carbocycles. The molecule has 19 heteroatoms. The quantitative estimate of drug-likeness (QED) is 0.0169. The second-order valence-corrected chi connectivity index (χ2v) is 32.0. The maximum atomic E-state index is 13.1. The van der Waals surface area contributed by atoms with Crippen molar-refractivity contribution in [3.8, 4) is 0 Å². The zero-order chi connectivity index (χ0) is 72.8. The summed E-state index contributed by atoms with van der Waals surface area (Å²) in [6, 6.07) is 0. The van der Waals surface area contributed by atoms with E-state index in [1.807, 2.05) is 0 Å². The number of esters is 4.